The first-order chi connectivity index (χ1) is 14.6. The fourth-order valence-electron chi connectivity index (χ4n) is 4.38. The molecule has 0 aromatic heterocycles. The van der Waals surface area contributed by atoms with Crippen molar-refractivity contribution in [3.8, 4) is 11.1 Å². The van der Waals surface area contributed by atoms with E-state index in [4.69, 9.17) is 0 Å². The van der Waals surface area contributed by atoms with Crippen molar-refractivity contribution in [1.82, 2.24) is 0 Å². The van der Waals surface area contributed by atoms with Crippen LogP contribution in [0.3, 0.4) is 0 Å². The summed E-state index contributed by atoms with van der Waals surface area (Å²) < 4.78 is 0. The number of benzene rings is 3. The topological polar surface area (TPSA) is 0 Å². The Bertz CT molecular complexity index is 931. The summed E-state index contributed by atoms with van der Waals surface area (Å²) in [6.07, 6.45) is 9.53. The Morgan fingerprint density at radius 2 is 1.07 bits per heavy atom. The fraction of sp³-hybridized carbons (Fsp3) is 0.400. The zero-order chi connectivity index (χ0) is 21.3. The average Bonchev–Trinajstić information content (AvgIpc) is 2.78. The van der Waals surface area contributed by atoms with Crippen molar-refractivity contribution in [2.45, 2.75) is 79.1 Å². The molecule has 0 unspecified atom stereocenters. The number of hydrogen-bond donors (Lipinski definition) is 0. The molecule has 0 N–H and O–H groups in total. The van der Waals surface area contributed by atoms with Crippen molar-refractivity contribution in [3.05, 3.63) is 94.0 Å². The first kappa shape index (κ1) is 22.3. The monoisotopic (exact) mass is 398 g/mol. The summed E-state index contributed by atoms with van der Waals surface area (Å²) >= 11 is 0. The molecule has 3 rings (SSSR count). The summed E-state index contributed by atoms with van der Waals surface area (Å²) in [5.74, 6) is 0. The van der Waals surface area contributed by atoms with E-state index in [1.807, 2.05) is 0 Å². The predicted molar refractivity (Wildman–Crippen MR) is 132 cm³/mol. The second kappa shape index (κ2) is 11.2. The van der Waals surface area contributed by atoms with E-state index in [2.05, 4.69) is 88.4 Å². The highest BCUT2D eigenvalue weighted by Gasteiger charge is 2.09. The fourth-order valence-corrected chi connectivity index (χ4v) is 4.38. The molecule has 0 aliphatic heterocycles. The van der Waals surface area contributed by atoms with Gasteiger partial charge in [0.2, 0.25) is 0 Å². The van der Waals surface area contributed by atoms with Crippen molar-refractivity contribution in [2.24, 2.45) is 0 Å². The van der Waals surface area contributed by atoms with Gasteiger partial charge < -0.3 is 0 Å². The molecule has 0 heteroatoms. The number of unbranched alkanes of at least 4 members (excludes halogenated alkanes) is 2. The lowest BCUT2D eigenvalue weighted by Gasteiger charge is -2.15. The van der Waals surface area contributed by atoms with Gasteiger partial charge in [0.1, 0.15) is 0 Å². The molecular formula is C30H38. The van der Waals surface area contributed by atoms with E-state index in [-0.39, 0.29) is 0 Å². The minimum Gasteiger partial charge on any atom is -0.0654 e. The van der Waals surface area contributed by atoms with Crippen LogP contribution in [-0.4, -0.2) is 0 Å². The molecule has 30 heavy (non-hydrogen) atoms. The predicted octanol–water partition coefficient (Wildman–Crippen LogP) is 8.30. The maximum atomic E-state index is 2.44. The quantitative estimate of drug-likeness (QED) is 0.301. The Balaban J connectivity index is 1.70. The lowest BCUT2D eigenvalue weighted by atomic mass is 9.90. The Labute approximate surface area is 184 Å². The molecule has 0 amide bonds. The average molecular weight is 399 g/mol. The van der Waals surface area contributed by atoms with Crippen molar-refractivity contribution in [3.63, 3.8) is 0 Å². The van der Waals surface area contributed by atoms with Gasteiger partial charge in [-0.25, -0.2) is 0 Å². The molecule has 0 fully saturated rings. The Kier molecular flexibility index (Phi) is 8.31. The van der Waals surface area contributed by atoms with E-state index >= 15 is 0 Å². The van der Waals surface area contributed by atoms with E-state index in [0.29, 0.717) is 0 Å². The zero-order valence-corrected chi connectivity index (χ0v) is 19.4. The summed E-state index contributed by atoms with van der Waals surface area (Å²) in [5.41, 5.74) is 11.5. The van der Waals surface area contributed by atoms with Crippen LogP contribution in [0.2, 0.25) is 0 Å². The highest BCUT2D eigenvalue weighted by Crippen LogP contribution is 2.30. The van der Waals surface area contributed by atoms with E-state index < -0.39 is 0 Å². The van der Waals surface area contributed by atoms with E-state index in [9.17, 15) is 0 Å². The maximum Gasteiger partial charge on any atom is -0.0149 e. The standard InChI is InChI=1S/C30H38/c1-5-8-9-10-24-12-14-25(15-13-24)16-17-26-18-20-30(28(7-3)22-26)29-19-11-23(4)21-27(29)6-2/h11-15,18-22H,5-10,16-17H2,1-4H3. The number of aryl methyl sites for hydroxylation is 6. The molecule has 158 valence electrons. The van der Waals surface area contributed by atoms with Gasteiger partial charge in [-0.1, -0.05) is 99.8 Å². The normalized spacial score (nSPS) is 11.1. The van der Waals surface area contributed by atoms with Crippen LogP contribution in [-0.2, 0) is 32.1 Å². The molecule has 3 aromatic rings. The van der Waals surface area contributed by atoms with Crippen LogP contribution in [0.15, 0.2) is 60.7 Å². The Morgan fingerprint density at radius 3 is 1.70 bits per heavy atom. The van der Waals surface area contributed by atoms with Crippen LogP contribution >= 0.6 is 0 Å². The Hall–Kier alpha value is -2.34. The van der Waals surface area contributed by atoms with Crippen LogP contribution in [0.1, 0.15) is 73.4 Å². The molecule has 0 aliphatic carbocycles. The SMILES string of the molecule is CCCCCc1ccc(CCc2ccc(-c3ccc(C)cc3CC)c(CC)c2)cc1. The van der Waals surface area contributed by atoms with E-state index in [0.717, 1.165) is 25.7 Å². The highest BCUT2D eigenvalue weighted by molar-refractivity contribution is 5.71. The lowest BCUT2D eigenvalue weighted by molar-refractivity contribution is 0.717. The third-order valence-electron chi connectivity index (χ3n) is 6.28. The summed E-state index contributed by atoms with van der Waals surface area (Å²) in [4.78, 5) is 0. The summed E-state index contributed by atoms with van der Waals surface area (Å²) in [7, 11) is 0. The van der Waals surface area contributed by atoms with Gasteiger partial charge >= 0.3 is 0 Å². The van der Waals surface area contributed by atoms with Crippen molar-refractivity contribution < 1.29 is 0 Å². The molecule has 0 aliphatic rings. The van der Waals surface area contributed by atoms with Gasteiger partial charge in [0.15, 0.2) is 0 Å². The first-order valence-electron chi connectivity index (χ1n) is 11.9. The second-order valence-corrected chi connectivity index (χ2v) is 8.63. The van der Waals surface area contributed by atoms with Crippen LogP contribution in [0.5, 0.6) is 0 Å². The van der Waals surface area contributed by atoms with E-state index in [1.165, 1.54) is 70.2 Å². The molecule has 3 aromatic carbocycles. The van der Waals surface area contributed by atoms with Crippen LogP contribution in [0, 0.1) is 6.92 Å². The third-order valence-corrected chi connectivity index (χ3v) is 6.28. The van der Waals surface area contributed by atoms with Crippen LogP contribution < -0.4 is 0 Å². The number of hydrogen-bond acceptors (Lipinski definition) is 0. The van der Waals surface area contributed by atoms with Gasteiger partial charge in [0, 0.05) is 0 Å². The molecule has 0 spiro atoms. The Morgan fingerprint density at radius 1 is 0.533 bits per heavy atom. The first-order valence-corrected chi connectivity index (χ1v) is 11.9. The molecule has 0 heterocycles. The smallest absolute Gasteiger partial charge is 0.0149 e. The van der Waals surface area contributed by atoms with E-state index in [1.54, 1.807) is 0 Å². The lowest BCUT2D eigenvalue weighted by Crippen LogP contribution is -1.97. The van der Waals surface area contributed by atoms with Gasteiger partial charge in [0.25, 0.3) is 0 Å². The molecule has 0 saturated heterocycles. The highest BCUT2D eigenvalue weighted by atomic mass is 14.1. The molecule has 0 nitrogen and oxygen atoms in total. The molecule has 0 saturated carbocycles. The van der Waals surface area contributed by atoms with Crippen LogP contribution in [0.25, 0.3) is 11.1 Å². The maximum absolute atomic E-state index is 2.44. The van der Waals surface area contributed by atoms with Gasteiger partial charge in [-0.15, -0.1) is 0 Å². The van der Waals surface area contributed by atoms with Gasteiger partial charge in [-0.3, -0.25) is 0 Å². The van der Waals surface area contributed by atoms with Gasteiger partial charge in [-0.05, 0) is 84.4 Å². The van der Waals surface area contributed by atoms with Crippen molar-refractivity contribution >= 4 is 0 Å². The largest absolute Gasteiger partial charge is 0.0654 e. The van der Waals surface area contributed by atoms with Gasteiger partial charge in [0.05, 0.1) is 0 Å². The molecule has 0 atom stereocenters. The third kappa shape index (κ3) is 5.85. The summed E-state index contributed by atoms with van der Waals surface area (Å²) in [5, 5.41) is 0. The van der Waals surface area contributed by atoms with Crippen LogP contribution in [0.4, 0.5) is 0 Å². The molecular weight excluding hydrogens is 360 g/mol. The zero-order valence-electron chi connectivity index (χ0n) is 19.4. The number of rotatable bonds is 10. The minimum absolute atomic E-state index is 1.08. The summed E-state index contributed by atoms with van der Waals surface area (Å²) in [6, 6.07) is 23.3. The summed E-state index contributed by atoms with van der Waals surface area (Å²) in [6.45, 7) is 8.99. The molecule has 0 radical (unpaired) electrons. The van der Waals surface area contributed by atoms with Crippen molar-refractivity contribution in [2.75, 3.05) is 0 Å². The second-order valence-electron chi connectivity index (χ2n) is 8.63. The molecule has 0 bridgehead atoms. The van der Waals surface area contributed by atoms with Crippen molar-refractivity contribution in [1.29, 1.82) is 0 Å². The van der Waals surface area contributed by atoms with Gasteiger partial charge in [-0.2, -0.15) is 0 Å². The minimum atomic E-state index is 1.08.